The molecule has 0 bridgehead atoms. The summed E-state index contributed by atoms with van der Waals surface area (Å²) in [4.78, 5) is 16.6. The number of benzene rings is 1. The minimum atomic E-state index is -4.99. The first-order valence-corrected chi connectivity index (χ1v) is 6.30. The third kappa shape index (κ3) is 3.34. The Morgan fingerprint density at radius 2 is 2.00 bits per heavy atom. The number of nitrogens with zero attached hydrogens (tertiary/aromatic N) is 2. The van der Waals surface area contributed by atoms with E-state index in [2.05, 4.69) is 4.98 Å². The highest BCUT2D eigenvalue weighted by Crippen LogP contribution is 2.36. The number of ether oxygens (including phenoxy) is 1. The van der Waals surface area contributed by atoms with Gasteiger partial charge in [-0.1, -0.05) is 0 Å². The number of hydrogen-bond acceptors (Lipinski definition) is 4. The van der Waals surface area contributed by atoms with Gasteiger partial charge in [0.25, 0.3) is 12.0 Å². The standard InChI is InChI=1S/C14H8F5N3O2/c1-6-8(4-20)2-7(12(15)16)3-9(6)24-10-11(14(17,18)19)21-5-22-13(10)23/h2-3,5,12H,1H3,(H,21,22,23). The van der Waals surface area contributed by atoms with Crippen LogP contribution in [-0.2, 0) is 6.18 Å². The lowest BCUT2D eigenvalue weighted by atomic mass is 10.0. The summed E-state index contributed by atoms with van der Waals surface area (Å²) in [5, 5.41) is 8.94. The average molecular weight is 345 g/mol. The van der Waals surface area contributed by atoms with Gasteiger partial charge in [-0.05, 0) is 19.1 Å². The fourth-order valence-electron chi connectivity index (χ4n) is 1.85. The molecule has 2 aromatic rings. The lowest BCUT2D eigenvalue weighted by molar-refractivity contribution is -0.142. The van der Waals surface area contributed by atoms with E-state index >= 15 is 0 Å². The van der Waals surface area contributed by atoms with E-state index < -0.39 is 40.9 Å². The van der Waals surface area contributed by atoms with E-state index in [1.165, 1.54) is 6.92 Å². The van der Waals surface area contributed by atoms with Crippen molar-refractivity contribution in [3.05, 3.63) is 51.2 Å². The van der Waals surface area contributed by atoms with Gasteiger partial charge in [0.05, 0.1) is 18.0 Å². The maximum atomic E-state index is 12.9. The molecule has 5 nitrogen and oxygen atoms in total. The third-order valence-corrected chi connectivity index (χ3v) is 3.05. The number of hydrogen-bond donors (Lipinski definition) is 1. The van der Waals surface area contributed by atoms with Crippen molar-refractivity contribution in [1.29, 1.82) is 5.26 Å². The smallest absolute Gasteiger partial charge is 0.437 e. The quantitative estimate of drug-likeness (QED) is 0.861. The Hall–Kier alpha value is -2.96. The van der Waals surface area contributed by atoms with Gasteiger partial charge in [0.1, 0.15) is 5.75 Å². The Morgan fingerprint density at radius 1 is 1.33 bits per heavy atom. The molecule has 1 aromatic carbocycles. The lowest BCUT2D eigenvalue weighted by Crippen LogP contribution is -2.19. The zero-order chi connectivity index (χ0) is 18.1. The van der Waals surface area contributed by atoms with Crippen molar-refractivity contribution in [1.82, 2.24) is 9.97 Å². The summed E-state index contributed by atoms with van der Waals surface area (Å²) in [6, 6.07) is 3.30. The number of nitrogens with one attached hydrogen (secondary N) is 1. The van der Waals surface area contributed by atoms with Gasteiger partial charge in [-0.15, -0.1) is 0 Å². The Bertz CT molecular complexity index is 868. The summed E-state index contributed by atoms with van der Waals surface area (Å²) < 4.78 is 69.4. The summed E-state index contributed by atoms with van der Waals surface area (Å²) in [5.41, 5.74) is -3.67. The van der Waals surface area contributed by atoms with E-state index in [1.54, 1.807) is 6.07 Å². The van der Waals surface area contributed by atoms with Crippen molar-refractivity contribution >= 4 is 0 Å². The Labute approximate surface area is 131 Å². The zero-order valence-electron chi connectivity index (χ0n) is 11.9. The lowest BCUT2D eigenvalue weighted by Gasteiger charge is -2.14. The number of nitriles is 1. The van der Waals surface area contributed by atoms with Crippen LogP contribution in [0.5, 0.6) is 11.5 Å². The minimum Gasteiger partial charge on any atom is -0.449 e. The molecule has 0 unspecified atom stereocenters. The van der Waals surface area contributed by atoms with E-state index in [-0.39, 0.29) is 11.1 Å². The van der Waals surface area contributed by atoms with Crippen LogP contribution in [0.25, 0.3) is 0 Å². The van der Waals surface area contributed by atoms with Crippen LogP contribution in [0.4, 0.5) is 22.0 Å². The van der Waals surface area contributed by atoms with Gasteiger partial charge in [-0.3, -0.25) is 4.79 Å². The second-order valence-corrected chi connectivity index (χ2v) is 4.61. The third-order valence-electron chi connectivity index (χ3n) is 3.05. The fraction of sp³-hybridized carbons (Fsp3) is 0.214. The highest BCUT2D eigenvalue weighted by Gasteiger charge is 2.38. The van der Waals surface area contributed by atoms with Gasteiger partial charge in [-0.25, -0.2) is 13.8 Å². The van der Waals surface area contributed by atoms with Crippen LogP contribution in [0.1, 0.15) is 28.8 Å². The molecule has 0 aliphatic rings. The van der Waals surface area contributed by atoms with E-state index in [0.29, 0.717) is 6.33 Å². The molecule has 0 atom stereocenters. The second-order valence-electron chi connectivity index (χ2n) is 4.61. The van der Waals surface area contributed by atoms with Crippen LogP contribution in [-0.4, -0.2) is 9.97 Å². The first-order chi connectivity index (χ1) is 11.1. The van der Waals surface area contributed by atoms with Crippen LogP contribution in [0.3, 0.4) is 0 Å². The number of alkyl halides is 5. The molecule has 0 fully saturated rings. The molecule has 0 spiro atoms. The van der Waals surface area contributed by atoms with Crippen molar-refractivity contribution in [2.24, 2.45) is 0 Å². The Morgan fingerprint density at radius 3 is 2.54 bits per heavy atom. The first kappa shape index (κ1) is 17.4. The van der Waals surface area contributed by atoms with Gasteiger partial charge in [0, 0.05) is 11.1 Å². The fourth-order valence-corrected chi connectivity index (χ4v) is 1.85. The number of aromatic nitrogens is 2. The molecule has 24 heavy (non-hydrogen) atoms. The zero-order valence-corrected chi connectivity index (χ0v) is 11.9. The summed E-state index contributed by atoms with van der Waals surface area (Å²) in [6.07, 6.45) is -7.42. The van der Waals surface area contributed by atoms with Gasteiger partial charge < -0.3 is 9.72 Å². The molecule has 2 rings (SSSR count). The summed E-state index contributed by atoms with van der Waals surface area (Å²) in [5.74, 6) is -1.66. The maximum absolute atomic E-state index is 12.9. The summed E-state index contributed by atoms with van der Waals surface area (Å²) in [7, 11) is 0. The van der Waals surface area contributed by atoms with Crippen LogP contribution in [0.15, 0.2) is 23.3 Å². The molecule has 0 radical (unpaired) electrons. The van der Waals surface area contributed by atoms with Crippen LogP contribution < -0.4 is 10.3 Å². The van der Waals surface area contributed by atoms with Crippen LogP contribution >= 0.6 is 0 Å². The van der Waals surface area contributed by atoms with Gasteiger partial charge >= 0.3 is 6.18 Å². The topological polar surface area (TPSA) is 78.8 Å². The molecular formula is C14H8F5N3O2. The normalized spacial score (nSPS) is 11.4. The highest BCUT2D eigenvalue weighted by atomic mass is 19.4. The predicted octanol–water partition coefficient (Wildman–Crippen LogP) is 3.70. The van der Waals surface area contributed by atoms with Crippen LogP contribution in [0, 0.1) is 18.3 Å². The van der Waals surface area contributed by atoms with Crippen molar-refractivity contribution in [3.63, 3.8) is 0 Å². The van der Waals surface area contributed by atoms with Gasteiger partial charge in [0.15, 0.2) is 5.69 Å². The van der Waals surface area contributed by atoms with Crippen molar-refractivity contribution in [2.45, 2.75) is 19.5 Å². The van der Waals surface area contributed by atoms with Gasteiger partial charge in [-0.2, -0.15) is 18.4 Å². The number of halogens is 5. The van der Waals surface area contributed by atoms with Crippen molar-refractivity contribution < 1.29 is 26.7 Å². The molecule has 0 amide bonds. The second kappa shape index (κ2) is 6.27. The molecule has 0 aliphatic heterocycles. The Balaban J connectivity index is 2.64. The number of H-pyrrole nitrogens is 1. The molecule has 1 aromatic heterocycles. The van der Waals surface area contributed by atoms with E-state index in [4.69, 9.17) is 10.00 Å². The van der Waals surface area contributed by atoms with E-state index in [9.17, 15) is 26.7 Å². The minimum absolute atomic E-state index is 0.0123. The van der Waals surface area contributed by atoms with E-state index in [1.807, 2.05) is 4.98 Å². The summed E-state index contributed by atoms with van der Waals surface area (Å²) >= 11 is 0. The monoisotopic (exact) mass is 345 g/mol. The predicted molar refractivity (Wildman–Crippen MR) is 70.8 cm³/mol. The molecule has 0 saturated carbocycles. The van der Waals surface area contributed by atoms with Gasteiger partial charge in [0.2, 0.25) is 5.75 Å². The molecule has 10 heteroatoms. The van der Waals surface area contributed by atoms with Crippen molar-refractivity contribution in [3.8, 4) is 17.6 Å². The molecule has 1 heterocycles. The largest absolute Gasteiger partial charge is 0.449 e. The molecule has 126 valence electrons. The summed E-state index contributed by atoms with van der Waals surface area (Å²) in [6.45, 7) is 1.29. The maximum Gasteiger partial charge on any atom is 0.437 e. The SMILES string of the molecule is Cc1c(C#N)cc(C(F)F)cc1Oc1c(C(F)(F)F)nc[nH]c1=O. The number of aromatic amines is 1. The number of rotatable bonds is 3. The molecule has 0 aliphatic carbocycles. The highest BCUT2D eigenvalue weighted by molar-refractivity contribution is 5.50. The first-order valence-electron chi connectivity index (χ1n) is 6.30. The van der Waals surface area contributed by atoms with E-state index in [0.717, 1.165) is 12.1 Å². The molecular weight excluding hydrogens is 337 g/mol. The molecule has 1 N–H and O–H groups in total. The Kier molecular flexibility index (Phi) is 4.54. The van der Waals surface area contributed by atoms with Crippen molar-refractivity contribution in [2.75, 3.05) is 0 Å². The van der Waals surface area contributed by atoms with Crippen LogP contribution in [0.2, 0.25) is 0 Å². The molecule has 0 saturated heterocycles. The average Bonchev–Trinajstić information content (AvgIpc) is 2.49.